The third-order valence-corrected chi connectivity index (χ3v) is 1.90. The predicted molar refractivity (Wildman–Crippen MR) is 53.7 cm³/mol. The highest BCUT2D eigenvalue weighted by atomic mass is 35.5. The molecule has 0 atom stereocenters. The van der Waals surface area contributed by atoms with E-state index in [4.69, 9.17) is 16.7 Å². The molecule has 76 valence electrons. The molecule has 0 unspecified atom stereocenters. The normalized spacial score (nSPS) is 9.86. The van der Waals surface area contributed by atoms with E-state index < -0.39 is 4.92 Å². The van der Waals surface area contributed by atoms with Crippen LogP contribution >= 0.6 is 11.6 Å². The molecule has 0 bridgehead atoms. The molecule has 5 nitrogen and oxygen atoms in total. The van der Waals surface area contributed by atoms with Gasteiger partial charge in [-0.2, -0.15) is 0 Å². The summed E-state index contributed by atoms with van der Waals surface area (Å²) >= 11 is 5.61. The number of halogens is 1. The maximum absolute atomic E-state index is 10.5. The fraction of sp³-hybridized carbons (Fsp3) is 0.250. The highest BCUT2D eigenvalue weighted by Gasteiger charge is 2.12. The Bertz CT molecular complexity index is 343. The third-order valence-electron chi connectivity index (χ3n) is 1.58. The van der Waals surface area contributed by atoms with Gasteiger partial charge in [-0.3, -0.25) is 10.1 Å². The van der Waals surface area contributed by atoms with E-state index in [0.29, 0.717) is 12.2 Å². The summed E-state index contributed by atoms with van der Waals surface area (Å²) in [6.07, 6.45) is 0. The van der Waals surface area contributed by atoms with Gasteiger partial charge in [0.2, 0.25) is 0 Å². The Morgan fingerprint density at radius 1 is 1.57 bits per heavy atom. The van der Waals surface area contributed by atoms with Crippen LogP contribution in [0.1, 0.15) is 0 Å². The van der Waals surface area contributed by atoms with Crippen molar-refractivity contribution in [3.05, 3.63) is 33.3 Å². The number of nitrogens with zero attached hydrogens (tertiary/aromatic N) is 1. The van der Waals surface area contributed by atoms with Crippen LogP contribution in [0.3, 0.4) is 0 Å². The first-order valence-corrected chi connectivity index (χ1v) is 4.31. The zero-order valence-electron chi connectivity index (χ0n) is 7.24. The van der Waals surface area contributed by atoms with Crippen molar-refractivity contribution < 1.29 is 10.0 Å². The lowest BCUT2D eigenvalue weighted by Gasteiger charge is -2.04. The van der Waals surface area contributed by atoms with Gasteiger partial charge >= 0.3 is 0 Å². The average molecular weight is 217 g/mol. The van der Waals surface area contributed by atoms with Crippen molar-refractivity contribution in [3.63, 3.8) is 0 Å². The summed E-state index contributed by atoms with van der Waals surface area (Å²) in [4.78, 5) is 9.94. The maximum atomic E-state index is 10.5. The zero-order valence-corrected chi connectivity index (χ0v) is 7.99. The molecule has 0 radical (unpaired) electrons. The van der Waals surface area contributed by atoms with Crippen molar-refractivity contribution in [3.8, 4) is 0 Å². The number of anilines is 1. The number of benzene rings is 1. The minimum atomic E-state index is -0.549. The number of nitro groups is 1. The molecule has 0 fully saturated rings. The molecule has 0 heterocycles. The second-order valence-electron chi connectivity index (χ2n) is 2.57. The van der Waals surface area contributed by atoms with E-state index in [1.807, 2.05) is 0 Å². The van der Waals surface area contributed by atoms with E-state index >= 15 is 0 Å². The number of rotatable bonds is 4. The van der Waals surface area contributed by atoms with Crippen LogP contribution in [0.25, 0.3) is 0 Å². The molecule has 2 N–H and O–H groups in total. The van der Waals surface area contributed by atoms with Crippen LogP contribution in [0, 0.1) is 10.1 Å². The zero-order chi connectivity index (χ0) is 10.6. The highest BCUT2D eigenvalue weighted by molar-refractivity contribution is 6.32. The van der Waals surface area contributed by atoms with Gasteiger partial charge in [0.05, 0.1) is 11.5 Å². The Hall–Kier alpha value is -1.33. The Balaban J connectivity index is 2.89. The van der Waals surface area contributed by atoms with Crippen LogP contribution in [-0.2, 0) is 0 Å². The Morgan fingerprint density at radius 3 is 2.86 bits per heavy atom. The second-order valence-corrected chi connectivity index (χ2v) is 2.98. The molecule has 14 heavy (non-hydrogen) atoms. The minimum Gasteiger partial charge on any atom is -0.395 e. The smallest absolute Gasteiger partial charge is 0.289 e. The standard InChI is InChI=1S/C8H9ClN2O3/c9-7-2-1-6(10-3-4-12)5-8(7)11(13)14/h1-2,5,10,12H,3-4H2. The molecule has 0 saturated heterocycles. The first kappa shape index (κ1) is 10.7. The van der Waals surface area contributed by atoms with E-state index in [0.717, 1.165) is 0 Å². The van der Waals surface area contributed by atoms with Crippen molar-refractivity contribution in [1.29, 1.82) is 0 Å². The summed E-state index contributed by atoms with van der Waals surface area (Å²) in [5, 5.41) is 21.9. The number of aliphatic hydroxyl groups is 1. The molecule has 6 heteroatoms. The van der Waals surface area contributed by atoms with Gasteiger partial charge in [0.15, 0.2) is 0 Å². The fourth-order valence-corrected chi connectivity index (χ4v) is 1.15. The van der Waals surface area contributed by atoms with Gasteiger partial charge in [-0.15, -0.1) is 0 Å². The van der Waals surface area contributed by atoms with Crippen LogP contribution in [0.5, 0.6) is 0 Å². The molecule has 0 saturated carbocycles. The van der Waals surface area contributed by atoms with E-state index in [-0.39, 0.29) is 17.3 Å². The molecule has 0 spiro atoms. The summed E-state index contributed by atoms with van der Waals surface area (Å²) in [7, 11) is 0. The molecule has 0 aliphatic rings. The van der Waals surface area contributed by atoms with Crippen LogP contribution in [0.2, 0.25) is 5.02 Å². The van der Waals surface area contributed by atoms with Gasteiger partial charge in [0.1, 0.15) is 5.02 Å². The second kappa shape index (κ2) is 4.78. The first-order chi connectivity index (χ1) is 6.65. The van der Waals surface area contributed by atoms with Crippen molar-refractivity contribution in [2.75, 3.05) is 18.5 Å². The van der Waals surface area contributed by atoms with E-state index in [2.05, 4.69) is 5.32 Å². The van der Waals surface area contributed by atoms with Crippen LogP contribution < -0.4 is 5.32 Å². The van der Waals surface area contributed by atoms with Gasteiger partial charge in [0, 0.05) is 18.3 Å². The number of hydrogen-bond acceptors (Lipinski definition) is 4. The SMILES string of the molecule is O=[N+]([O-])c1cc(NCCO)ccc1Cl. The first-order valence-electron chi connectivity index (χ1n) is 3.94. The highest BCUT2D eigenvalue weighted by Crippen LogP contribution is 2.27. The monoisotopic (exact) mass is 216 g/mol. The summed E-state index contributed by atoms with van der Waals surface area (Å²) in [6, 6.07) is 4.39. The van der Waals surface area contributed by atoms with Gasteiger partial charge in [-0.05, 0) is 12.1 Å². The molecule has 0 aliphatic heterocycles. The predicted octanol–water partition coefficient (Wildman–Crippen LogP) is 1.65. The van der Waals surface area contributed by atoms with Gasteiger partial charge in [-0.1, -0.05) is 11.6 Å². The maximum Gasteiger partial charge on any atom is 0.289 e. The van der Waals surface area contributed by atoms with Crippen LogP contribution in [-0.4, -0.2) is 23.2 Å². The topological polar surface area (TPSA) is 75.4 Å². The van der Waals surface area contributed by atoms with E-state index in [1.165, 1.54) is 12.1 Å². The molecule has 0 aliphatic carbocycles. The van der Waals surface area contributed by atoms with Gasteiger partial charge in [-0.25, -0.2) is 0 Å². The number of nitro benzene ring substituents is 1. The summed E-state index contributed by atoms with van der Waals surface area (Å²) in [5.41, 5.74) is 0.421. The van der Waals surface area contributed by atoms with E-state index in [9.17, 15) is 10.1 Å². The van der Waals surface area contributed by atoms with Crippen LogP contribution in [0.4, 0.5) is 11.4 Å². The largest absolute Gasteiger partial charge is 0.395 e. The lowest BCUT2D eigenvalue weighted by Crippen LogP contribution is -2.05. The number of nitrogens with one attached hydrogen (secondary N) is 1. The Labute approximate surface area is 85.5 Å². The third kappa shape index (κ3) is 2.58. The average Bonchev–Trinajstić information content (AvgIpc) is 2.16. The number of aliphatic hydroxyl groups excluding tert-OH is 1. The summed E-state index contributed by atoms with van der Waals surface area (Å²) in [5.74, 6) is 0. The lowest BCUT2D eigenvalue weighted by atomic mass is 10.3. The van der Waals surface area contributed by atoms with Gasteiger partial charge in [0.25, 0.3) is 5.69 Å². The quantitative estimate of drug-likeness (QED) is 0.593. The summed E-state index contributed by atoms with van der Waals surface area (Å²) in [6.45, 7) is 0.315. The molecule has 1 aromatic rings. The van der Waals surface area contributed by atoms with Crippen molar-refractivity contribution in [2.24, 2.45) is 0 Å². The lowest BCUT2D eigenvalue weighted by molar-refractivity contribution is -0.384. The Morgan fingerprint density at radius 2 is 2.29 bits per heavy atom. The van der Waals surface area contributed by atoms with Crippen molar-refractivity contribution in [1.82, 2.24) is 0 Å². The van der Waals surface area contributed by atoms with Crippen molar-refractivity contribution >= 4 is 23.0 Å². The molecular weight excluding hydrogens is 208 g/mol. The summed E-state index contributed by atoms with van der Waals surface area (Å²) < 4.78 is 0. The van der Waals surface area contributed by atoms with Crippen molar-refractivity contribution in [2.45, 2.75) is 0 Å². The fourth-order valence-electron chi connectivity index (χ4n) is 0.963. The molecule has 1 rings (SSSR count). The number of hydrogen-bond donors (Lipinski definition) is 2. The molecule has 1 aromatic carbocycles. The minimum absolute atomic E-state index is 0.0313. The van der Waals surface area contributed by atoms with E-state index in [1.54, 1.807) is 6.07 Å². The van der Waals surface area contributed by atoms with Gasteiger partial charge < -0.3 is 10.4 Å². The molecule has 0 aromatic heterocycles. The molecular formula is C8H9ClN2O3. The van der Waals surface area contributed by atoms with Crippen LogP contribution in [0.15, 0.2) is 18.2 Å². The Kier molecular flexibility index (Phi) is 3.67. The molecule has 0 amide bonds.